The number of methoxy groups -OCH3 is 1. The number of aliphatic hydroxyl groups is 2. The van der Waals surface area contributed by atoms with Gasteiger partial charge in [0.2, 0.25) is 0 Å². The van der Waals surface area contributed by atoms with E-state index >= 15 is 0 Å². The molecule has 10 atom stereocenters. The van der Waals surface area contributed by atoms with Crippen molar-refractivity contribution in [3.63, 3.8) is 0 Å². The molecule has 4 aliphatic carbocycles. The van der Waals surface area contributed by atoms with E-state index in [1.807, 2.05) is 20.8 Å². The predicted octanol–water partition coefficient (Wildman–Crippen LogP) is 1.89. The van der Waals surface area contributed by atoms with Crippen LogP contribution < -0.4 is 0 Å². The quantitative estimate of drug-likeness (QED) is 0.603. The largest absolute Gasteiger partial charge is 0.462 e. The van der Waals surface area contributed by atoms with E-state index in [2.05, 4.69) is 0 Å². The molecule has 0 saturated heterocycles. The third-order valence-electron chi connectivity index (χ3n) is 9.55. The van der Waals surface area contributed by atoms with E-state index in [0.29, 0.717) is 25.7 Å². The van der Waals surface area contributed by atoms with E-state index in [9.17, 15) is 24.6 Å². The Hall–Kier alpha value is -1.51. The van der Waals surface area contributed by atoms with E-state index in [-0.39, 0.29) is 24.3 Å². The van der Waals surface area contributed by atoms with Crippen LogP contribution in [0.5, 0.6) is 0 Å². The number of esters is 2. The summed E-state index contributed by atoms with van der Waals surface area (Å²) in [5.41, 5.74) is -2.44. The van der Waals surface area contributed by atoms with Crippen LogP contribution in [0.25, 0.3) is 0 Å². The first-order valence-electron chi connectivity index (χ1n) is 12.1. The fraction of sp³-hybridized carbons (Fsp3) is 0.880. The maximum atomic E-state index is 14.0. The van der Waals surface area contributed by atoms with Crippen molar-refractivity contribution in [2.45, 2.75) is 84.7 Å². The second-order valence-corrected chi connectivity index (χ2v) is 11.7. The van der Waals surface area contributed by atoms with Gasteiger partial charge in [0.1, 0.15) is 18.0 Å². The maximum absolute atomic E-state index is 14.0. The number of fused-ring (bicyclic) bond motifs is 3. The Kier molecular flexibility index (Phi) is 5.98. The van der Waals surface area contributed by atoms with Gasteiger partial charge in [-0.1, -0.05) is 20.8 Å². The molecule has 0 heterocycles. The van der Waals surface area contributed by atoms with Gasteiger partial charge in [-0.25, -0.2) is 0 Å². The van der Waals surface area contributed by atoms with Crippen molar-refractivity contribution in [3.8, 4) is 0 Å². The minimum absolute atomic E-state index is 0.0687. The number of hydrogen-bond acceptors (Lipinski definition) is 8. The van der Waals surface area contributed by atoms with Crippen molar-refractivity contribution in [2.75, 3.05) is 13.7 Å². The van der Waals surface area contributed by atoms with Gasteiger partial charge in [0.25, 0.3) is 0 Å². The molecule has 0 aromatic heterocycles. The highest BCUT2D eigenvalue weighted by atomic mass is 16.6. The van der Waals surface area contributed by atoms with Gasteiger partial charge in [-0.2, -0.15) is 0 Å². The Morgan fingerprint density at radius 1 is 1.06 bits per heavy atom. The smallest absolute Gasteiger partial charge is 0.303 e. The van der Waals surface area contributed by atoms with E-state index in [1.165, 1.54) is 13.8 Å². The summed E-state index contributed by atoms with van der Waals surface area (Å²) in [7, 11) is 1.55. The number of carbonyl (C=O) groups excluding carboxylic acids is 3. The molecule has 4 fully saturated rings. The van der Waals surface area contributed by atoms with Crippen molar-refractivity contribution >= 4 is 17.7 Å². The molecule has 1 spiro atoms. The number of carbonyl (C=O) groups is 3. The molecule has 0 amide bonds. The van der Waals surface area contributed by atoms with Crippen LogP contribution in [0.4, 0.5) is 0 Å². The zero-order chi connectivity index (χ0) is 24.5. The van der Waals surface area contributed by atoms with Crippen molar-refractivity contribution < 1.29 is 38.8 Å². The Morgan fingerprint density at radius 3 is 2.27 bits per heavy atom. The zero-order valence-electron chi connectivity index (χ0n) is 20.5. The molecule has 8 nitrogen and oxygen atoms in total. The fourth-order valence-corrected chi connectivity index (χ4v) is 8.85. The number of aliphatic hydroxyl groups excluding tert-OH is 2. The minimum atomic E-state index is -1.16. The van der Waals surface area contributed by atoms with Gasteiger partial charge in [-0.3, -0.25) is 14.4 Å². The van der Waals surface area contributed by atoms with E-state index in [1.54, 1.807) is 7.11 Å². The normalized spacial score (nSPS) is 47.9. The number of ether oxygens (including phenoxy) is 3. The van der Waals surface area contributed by atoms with Crippen LogP contribution >= 0.6 is 0 Å². The molecule has 0 aliphatic heterocycles. The van der Waals surface area contributed by atoms with E-state index in [0.717, 1.165) is 0 Å². The van der Waals surface area contributed by atoms with Crippen LogP contribution in [-0.4, -0.2) is 66.1 Å². The second-order valence-electron chi connectivity index (χ2n) is 11.7. The maximum Gasteiger partial charge on any atom is 0.303 e. The SMILES string of the molecule is COCC1C(=O)C23CC1CC(O)C2C1(C)CCC(OC(C)=O)C(C)(C)C1C(O)C3OC(C)=O. The standard InChI is InChI=1S/C25H38O8/c1-12(26)32-17-7-8-24(5)19-16(28)9-14-10-25(19,21(30)15(14)11-31-6)22(33-13(2)27)18(29)20(24)23(17,3)4/h14-20,22,28-29H,7-11H2,1-6H3. The van der Waals surface area contributed by atoms with Crippen LogP contribution in [0.3, 0.4) is 0 Å². The topological polar surface area (TPSA) is 119 Å². The molecule has 0 radical (unpaired) electrons. The van der Waals surface area contributed by atoms with Crippen LogP contribution in [0.2, 0.25) is 0 Å². The van der Waals surface area contributed by atoms with Gasteiger partial charge in [-0.15, -0.1) is 0 Å². The fourth-order valence-electron chi connectivity index (χ4n) is 8.85. The summed E-state index contributed by atoms with van der Waals surface area (Å²) < 4.78 is 16.8. The lowest BCUT2D eigenvalue weighted by Gasteiger charge is -2.67. The first kappa shape index (κ1) is 24.6. The second kappa shape index (κ2) is 8.02. The van der Waals surface area contributed by atoms with Gasteiger partial charge in [0.05, 0.1) is 24.2 Å². The summed E-state index contributed by atoms with van der Waals surface area (Å²) in [6.45, 7) is 8.85. The number of rotatable bonds is 4. The van der Waals surface area contributed by atoms with Gasteiger partial charge in [0, 0.05) is 44.1 Å². The summed E-state index contributed by atoms with van der Waals surface area (Å²) in [6, 6.07) is 0. The van der Waals surface area contributed by atoms with Crippen LogP contribution in [-0.2, 0) is 28.6 Å². The zero-order valence-corrected chi connectivity index (χ0v) is 20.5. The average molecular weight is 467 g/mol. The molecular formula is C25H38O8. The molecule has 4 rings (SSSR count). The number of ketones is 1. The molecule has 0 aromatic rings. The monoisotopic (exact) mass is 466 g/mol. The molecule has 33 heavy (non-hydrogen) atoms. The number of hydrogen-bond donors (Lipinski definition) is 2. The minimum Gasteiger partial charge on any atom is -0.462 e. The highest BCUT2D eigenvalue weighted by Crippen LogP contribution is 2.71. The van der Waals surface area contributed by atoms with Crippen LogP contribution in [0.1, 0.15) is 60.3 Å². The molecule has 8 heteroatoms. The van der Waals surface area contributed by atoms with Crippen molar-refractivity contribution in [3.05, 3.63) is 0 Å². The lowest BCUT2D eigenvalue weighted by Crippen LogP contribution is -2.73. The van der Waals surface area contributed by atoms with E-state index < -0.39 is 64.4 Å². The third-order valence-corrected chi connectivity index (χ3v) is 9.55. The first-order valence-corrected chi connectivity index (χ1v) is 12.1. The molecule has 10 unspecified atom stereocenters. The van der Waals surface area contributed by atoms with E-state index in [4.69, 9.17) is 14.2 Å². The van der Waals surface area contributed by atoms with Crippen molar-refractivity contribution in [1.82, 2.24) is 0 Å². The molecule has 4 saturated carbocycles. The van der Waals surface area contributed by atoms with Crippen LogP contribution in [0.15, 0.2) is 0 Å². The first-order chi connectivity index (χ1) is 15.3. The third kappa shape index (κ3) is 3.31. The summed E-state index contributed by atoms with van der Waals surface area (Å²) >= 11 is 0. The highest BCUT2D eigenvalue weighted by molar-refractivity contribution is 5.92. The van der Waals surface area contributed by atoms with Crippen molar-refractivity contribution in [1.29, 1.82) is 0 Å². The van der Waals surface area contributed by atoms with Gasteiger partial charge >= 0.3 is 11.9 Å². The van der Waals surface area contributed by atoms with Crippen molar-refractivity contribution in [2.24, 2.45) is 39.9 Å². The number of Topliss-reactive ketones (excluding diaryl/α,β-unsaturated/α-hetero) is 1. The molecule has 2 N–H and O–H groups in total. The highest BCUT2D eigenvalue weighted by Gasteiger charge is 2.77. The Morgan fingerprint density at radius 2 is 1.70 bits per heavy atom. The molecule has 186 valence electrons. The summed E-state index contributed by atoms with van der Waals surface area (Å²) in [5, 5.41) is 23.4. The van der Waals surface area contributed by atoms with Crippen LogP contribution in [0, 0.1) is 39.9 Å². The average Bonchev–Trinajstić information content (AvgIpc) is 2.89. The Bertz CT molecular complexity index is 838. The molecule has 2 bridgehead atoms. The lowest BCUT2D eigenvalue weighted by molar-refractivity contribution is -0.282. The summed E-state index contributed by atoms with van der Waals surface area (Å²) in [6.07, 6.45) is -1.31. The Balaban J connectivity index is 1.88. The summed E-state index contributed by atoms with van der Waals surface area (Å²) in [4.78, 5) is 38.1. The van der Waals surface area contributed by atoms with Gasteiger partial charge in [-0.05, 0) is 37.0 Å². The molecule has 0 aromatic carbocycles. The predicted molar refractivity (Wildman–Crippen MR) is 117 cm³/mol. The van der Waals surface area contributed by atoms with Gasteiger partial charge in [0.15, 0.2) is 0 Å². The lowest BCUT2D eigenvalue weighted by atomic mass is 9.38. The Labute approximate surface area is 195 Å². The molecule has 4 aliphatic rings. The van der Waals surface area contributed by atoms with Gasteiger partial charge < -0.3 is 24.4 Å². The summed E-state index contributed by atoms with van der Waals surface area (Å²) in [5.74, 6) is -2.44. The molecular weight excluding hydrogens is 428 g/mol.